The monoisotopic (exact) mass is 314 g/mol. The molecule has 0 atom stereocenters. The van der Waals surface area contributed by atoms with E-state index >= 15 is 0 Å². The third kappa shape index (κ3) is 2750. The molecule has 0 saturated carbocycles. The first kappa shape index (κ1) is 8.25. The van der Waals surface area contributed by atoms with Crippen molar-refractivity contribution in [3.8, 4) is 0 Å². The summed E-state index contributed by atoms with van der Waals surface area (Å²) in [6.45, 7) is 0. The van der Waals surface area contributed by atoms with Gasteiger partial charge in [0, 0.05) is 0 Å². The molecule has 0 radical (unpaired) electrons. The van der Waals surface area contributed by atoms with Crippen molar-refractivity contribution >= 4 is 0 Å². The van der Waals surface area contributed by atoms with E-state index in [9.17, 15) is 21.2 Å². The fraction of sp³-hybridized carbons (Fsp3) is 0. The van der Waals surface area contributed by atoms with Crippen LogP contribution in [0, 0.1) is 0 Å². The summed E-state index contributed by atoms with van der Waals surface area (Å²) in [7, 11) is 0. The Morgan fingerprint density at radius 2 is 0.500 bits per heavy atom. The molecule has 0 spiro atoms. The number of hydrogen-bond acceptors (Lipinski definition) is 0. The van der Waals surface area contributed by atoms with Crippen LogP contribution in [0.1, 0.15) is 0 Å². The molecule has 8 heavy (non-hydrogen) atoms. The normalized spacial score (nSPS) is 27.1. The summed E-state index contributed by atoms with van der Waals surface area (Å²) < 4.78 is 69.6. The molecule has 0 aromatic heterocycles. The van der Waals surface area contributed by atoms with Crippen LogP contribution in [0.4, 0.5) is 21.2 Å². The van der Waals surface area contributed by atoms with Gasteiger partial charge in [-0.05, 0) is 0 Å². The van der Waals surface area contributed by atoms with Crippen LogP contribution in [0.5, 0.6) is 0 Å². The molecule has 0 bridgehead atoms. The van der Waals surface area contributed by atoms with Gasteiger partial charge in [0.15, 0.2) is 0 Å². The second kappa shape index (κ2) is 0.627. The number of rotatable bonds is 0. The first-order chi connectivity index (χ1) is 2.65. The van der Waals surface area contributed by atoms with Gasteiger partial charge >= 0.3 is 38.2 Å². The Morgan fingerprint density at radius 1 is 0.500 bits per heavy atom. The second-order valence-corrected chi connectivity index (χ2v) is 11.0. The van der Waals surface area contributed by atoms with E-state index in [4.69, 9.17) is 0 Å². The SMILES string of the molecule is [F][Ta]([F])([F])([F])([F])([F])[F]. The average Bonchev–Trinajstić information content (AvgIpc) is 0.544. The van der Waals surface area contributed by atoms with E-state index in [1.165, 1.54) is 0 Å². The van der Waals surface area contributed by atoms with E-state index < -0.39 is 17.0 Å². The third-order valence-electron chi connectivity index (χ3n) is 0. The first-order valence-corrected chi connectivity index (χ1v) is 9.69. The van der Waals surface area contributed by atoms with Crippen LogP contribution in [-0.2, 0) is 17.0 Å². The maximum atomic E-state index is 9.94. The molecule has 0 N–H and O–H groups in total. The molecule has 0 aliphatic heterocycles. The average molecular weight is 314 g/mol. The fourth-order valence-corrected chi connectivity index (χ4v) is 0. The summed E-state index contributed by atoms with van der Waals surface area (Å²) in [4.78, 5) is 0. The van der Waals surface area contributed by atoms with Crippen LogP contribution in [-0.4, -0.2) is 0 Å². The predicted octanol–water partition coefficient (Wildman–Crippen LogP) is 2.94. The first-order valence-electron chi connectivity index (χ1n) is 1.18. The van der Waals surface area contributed by atoms with Crippen molar-refractivity contribution in [3.05, 3.63) is 0 Å². The van der Waals surface area contributed by atoms with Gasteiger partial charge in [-0.3, -0.25) is 0 Å². The Morgan fingerprint density at radius 3 is 0.500 bits per heavy atom. The van der Waals surface area contributed by atoms with E-state index in [0.717, 1.165) is 0 Å². The van der Waals surface area contributed by atoms with Crippen LogP contribution >= 0.6 is 0 Å². The minimum atomic E-state index is -13.4. The topological polar surface area (TPSA) is 0 Å². The molecule has 0 saturated heterocycles. The van der Waals surface area contributed by atoms with E-state index in [1.807, 2.05) is 0 Å². The Labute approximate surface area is 39.0 Å². The van der Waals surface area contributed by atoms with Gasteiger partial charge in [-0.1, -0.05) is 0 Å². The van der Waals surface area contributed by atoms with Crippen molar-refractivity contribution in [1.29, 1.82) is 0 Å². The molecule has 0 aliphatic carbocycles. The Kier molecular flexibility index (Phi) is 0.647. The van der Waals surface area contributed by atoms with Crippen molar-refractivity contribution in [3.63, 3.8) is 0 Å². The van der Waals surface area contributed by atoms with Crippen LogP contribution < -0.4 is 0 Å². The van der Waals surface area contributed by atoms with Crippen LogP contribution in [0.2, 0.25) is 0 Å². The zero-order valence-electron chi connectivity index (χ0n) is 3.09. The van der Waals surface area contributed by atoms with Crippen LogP contribution in [0.3, 0.4) is 0 Å². The molecular formula is F7Ta. The van der Waals surface area contributed by atoms with Crippen LogP contribution in [0.25, 0.3) is 0 Å². The number of halogens is 7. The van der Waals surface area contributed by atoms with Gasteiger partial charge < -0.3 is 0 Å². The van der Waals surface area contributed by atoms with Crippen molar-refractivity contribution in [1.82, 2.24) is 0 Å². The molecule has 8 heteroatoms. The van der Waals surface area contributed by atoms with Gasteiger partial charge in [0.1, 0.15) is 0 Å². The quantitative estimate of drug-likeness (QED) is 0.603. The predicted molar refractivity (Wildman–Crippen MR) is 7.76 cm³/mol. The molecule has 0 rings (SSSR count). The minimum absolute atomic E-state index is 9.94. The zero-order valence-corrected chi connectivity index (χ0v) is 6.31. The molecule has 0 aromatic carbocycles. The summed E-state index contributed by atoms with van der Waals surface area (Å²) in [5, 5.41) is 0. The summed E-state index contributed by atoms with van der Waals surface area (Å²) in [5.74, 6) is 0. The Balaban J connectivity index is 5.14. The summed E-state index contributed by atoms with van der Waals surface area (Å²) in [6, 6.07) is 0. The number of hydrogen-bond donors (Lipinski definition) is 0. The van der Waals surface area contributed by atoms with Crippen LogP contribution in [0.15, 0.2) is 0 Å². The Bertz CT molecular complexity index is 96.6. The van der Waals surface area contributed by atoms with Gasteiger partial charge in [0.25, 0.3) is 0 Å². The molecule has 0 heterocycles. The standard InChI is InChI=1S/7FH.Ta/h7*1H;/q;;;;;;;+7/p-7. The molecule has 0 amide bonds. The van der Waals surface area contributed by atoms with E-state index in [2.05, 4.69) is 0 Å². The third-order valence-corrected chi connectivity index (χ3v) is 0. The van der Waals surface area contributed by atoms with Crippen molar-refractivity contribution < 1.29 is 38.2 Å². The van der Waals surface area contributed by atoms with Gasteiger partial charge in [0.05, 0.1) is 0 Å². The van der Waals surface area contributed by atoms with Crippen molar-refractivity contribution in [2.45, 2.75) is 0 Å². The zero-order chi connectivity index (χ0) is 7.38. The summed E-state index contributed by atoms with van der Waals surface area (Å²) in [5.41, 5.74) is 0. The molecule has 0 nitrogen and oxygen atoms in total. The van der Waals surface area contributed by atoms with E-state index in [0.29, 0.717) is 0 Å². The van der Waals surface area contributed by atoms with E-state index in [1.54, 1.807) is 0 Å². The van der Waals surface area contributed by atoms with Gasteiger partial charge in [-0.25, -0.2) is 0 Å². The summed E-state index contributed by atoms with van der Waals surface area (Å²) >= 11 is -13.4. The molecule has 54 valence electrons. The second-order valence-electron chi connectivity index (χ2n) is 1.34. The molecule has 0 unspecified atom stereocenters. The molecule has 0 fully saturated rings. The van der Waals surface area contributed by atoms with Crippen molar-refractivity contribution in [2.75, 3.05) is 0 Å². The Hall–Kier alpha value is 0.250. The van der Waals surface area contributed by atoms with E-state index in [-0.39, 0.29) is 0 Å². The van der Waals surface area contributed by atoms with Gasteiger partial charge in [-0.15, -0.1) is 0 Å². The summed E-state index contributed by atoms with van der Waals surface area (Å²) in [6.07, 6.45) is 0. The maximum absolute atomic E-state index is 13.4. The molecular weight excluding hydrogens is 314 g/mol. The fourth-order valence-electron chi connectivity index (χ4n) is 0. The van der Waals surface area contributed by atoms with Gasteiger partial charge in [0.2, 0.25) is 0 Å². The molecule has 0 aromatic rings. The van der Waals surface area contributed by atoms with Crippen molar-refractivity contribution in [2.24, 2.45) is 0 Å². The van der Waals surface area contributed by atoms with Gasteiger partial charge in [-0.2, -0.15) is 0 Å². The molecule has 0 aliphatic rings.